The average Bonchev–Trinajstić information content (AvgIpc) is 2.91. The zero-order valence-corrected chi connectivity index (χ0v) is 12.9. The molecule has 3 heterocycles. The van der Waals surface area contributed by atoms with Gasteiger partial charge in [-0.1, -0.05) is 0 Å². The van der Waals surface area contributed by atoms with Gasteiger partial charge in [0.05, 0.1) is 0 Å². The Morgan fingerprint density at radius 3 is 2.74 bits per heavy atom. The molecular formula is C11H15BrN4O2S. The molecule has 2 saturated heterocycles. The van der Waals surface area contributed by atoms with Crippen molar-refractivity contribution >= 4 is 31.8 Å². The molecule has 2 aliphatic rings. The summed E-state index contributed by atoms with van der Waals surface area (Å²) in [6.45, 7) is 1.32. The van der Waals surface area contributed by atoms with Gasteiger partial charge < -0.3 is 10.6 Å². The number of anilines is 1. The van der Waals surface area contributed by atoms with Crippen molar-refractivity contribution in [2.24, 2.45) is 0 Å². The Morgan fingerprint density at radius 2 is 2.16 bits per heavy atom. The number of halogens is 1. The van der Waals surface area contributed by atoms with Crippen molar-refractivity contribution in [1.29, 1.82) is 0 Å². The second kappa shape index (κ2) is 4.41. The lowest BCUT2D eigenvalue weighted by molar-refractivity contribution is 0.216. The topological polar surface area (TPSA) is 79.5 Å². The Hall–Kier alpha value is -0.700. The summed E-state index contributed by atoms with van der Waals surface area (Å²) in [5, 5.41) is 0. The van der Waals surface area contributed by atoms with Gasteiger partial charge in [0.25, 0.3) is 0 Å². The van der Waals surface area contributed by atoms with E-state index in [0.29, 0.717) is 17.1 Å². The van der Waals surface area contributed by atoms with Gasteiger partial charge in [0.2, 0.25) is 10.0 Å². The van der Waals surface area contributed by atoms with Crippen molar-refractivity contribution < 1.29 is 8.42 Å². The number of fused-ring (bicyclic) bond motifs is 2. The molecule has 0 radical (unpaired) electrons. The van der Waals surface area contributed by atoms with E-state index in [2.05, 4.69) is 25.8 Å². The van der Waals surface area contributed by atoms with E-state index in [1.165, 1.54) is 12.3 Å². The number of hydrogen-bond acceptors (Lipinski definition) is 5. The van der Waals surface area contributed by atoms with Crippen LogP contribution in [0.1, 0.15) is 6.42 Å². The van der Waals surface area contributed by atoms with Crippen molar-refractivity contribution in [3.63, 3.8) is 0 Å². The Morgan fingerprint density at radius 1 is 1.42 bits per heavy atom. The maximum Gasteiger partial charge on any atom is 0.247 e. The molecule has 104 valence electrons. The quantitative estimate of drug-likeness (QED) is 0.843. The molecule has 19 heavy (non-hydrogen) atoms. The summed E-state index contributed by atoms with van der Waals surface area (Å²) in [6.07, 6.45) is 2.40. The Bertz CT molecular complexity index is 619. The summed E-state index contributed by atoms with van der Waals surface area (Å²) in [7, 11) is -1.53. The molecule has 2 N–H and O–H groups in total. The molecule has 0 saturated carbocycles. The number of sulfonamides is 1. The summed E-state index contributed by atoms with van der Waals surface area (Å²) in [5.41, 5.74) is 5.72. The average molecular weight is 347 g/mol. The minimum absolute atomic E-state index is 0.0541. The van der Waals surface area contributed by atoms with Crippen molar-refractivity contribution in [3.8, 4) is 0 Å². The van der Waals surface area contributed by atoms with Gasteiger partial charge in [-0.05, 0) is 35.5 Å². The number of likely N-dealkylation sites (N-methyl/N-ethyl adjacent to an activating group) is 1. The summed E-state index contributed by atoms with van der Waals surface area (Å²) in [4.78, 5) is 6.21. The molecule has 2 aliphatic heterocycles. The van der Waals surface area contributed by atoms with E-state index < -0.39 is 10.0 Å². The van der Waals surface area contributed by atoms with Crippen molar-refractivity contribution in [2.75, 3.05) is 25.9 Å². The van der Waals surface area contributed by atoms with Gasteiger partial charge in [0.1, 0.15) is 10.7 Å². The number of rotatable bonds is 2. The van der Waals surface area contributed by atoms with E-state index in [1.807, 2.05) is 7.05 Å². The number of nitrogens with zero attached hydrogens (tertiary/aromatic N) is 3. The van der Waals surface area contributed by atoms with E-state index >= 15 is 0 Å². The minimum atomic E-state index is -3.56. The summed E-state index contributed by atoms with van der Waals surface area (Å²) in [6, 6.07) is 1.90. The number of pyridine rings is 1. The molecule has 1 aromatic heterocycles. The van der Waals surface area contributed by atoms with Crippen LogP contribution in [0.15, 0.2) is 21.6 Å². The highest BCUT2D eigenvalue weighted by molar-refractivity contribution is 9.10. The van der Waals surface area contributed by atoms with Gasteiger partial charge in [0, 0.05) is 35.8 Å². The number of aromatic nitrogens is 1. The molecule has 2 atom stereocenters. The van der Waals surface area contributed by atoms with E-state index in [9.17, 15) is 8.42 Å². The zero-order chi connectivity index (χ0) is 13.8. The van der Waals surface area contributed by atoms with Crippen molar-refractivity contribution in [1.82, 2.24) is 14.2 Å². The van der Waals surface area contributed by atoms with E-state index in [1.54, 1.807) is 4.31 Å². The summed E-state index contributed by atoms with van der Waals surface area (Å²) in [5.74, 6) is 0.0549. The van der Waals surface area contributed by atoms with E-state index in [0.717, 1.165) is 13.0 Å². The van der Waals surface area contributed by atoms with Gasteiger partial charge in [-0.25, -0.2) is 13.4 Å². The molecule has 2 fully saturated rings. The van der Waals surface area contributed by atoms with Crippen molar-refractivity contribution in [2.45, 2.75) is 23.4 Å². The van der Waals surface area contributed by atoms with Crippen LogP contribution in [-0.4, -0.2) is 54.8 Å². The maximum atomic E-state index is 12.7. The molecular weight excluding hydrogens is 332 g/mol. The van der Waals surface area contributed by atoms with E-state index in [-0.39, 0.29) is 16.8 Å². The molecule has 1 aromatic rings. The fourth-order valence-corrected chi connectivity index (χ4v) is 5.13. The van der Waals surface area contributed by atoms with E-state index in [4.69, 9.17) is 5.73 Å². The number of nitrogens with two attached hydrogens (primary N) is 1. The molecule has 0 unspecified atom stereocenters. The van der Waals surface area contributed by atoms with Gasteiger partial charge in [-0.2, -0.15) is 4.31 Å². The third kappa shape index (κ3) is 2.06. The van der Waals surface area contributed by atoms with Crippen LogP contribution in [0.5, 0.6) is 0 Å². The van der Waals surface area contributed by atoms with Crippen LogP contribution in [0, 0.1) is 0 Å². The van der Waals surface area contributed by atoms with Gasteiger partial charge in [-0.3, -0.25) is 0 Å². The molecule has 0 aromatic carbocycles. The van der Waals surface area contributed by atoms with Crippen molar-refractivity contribution in [3.05, 3.63) is 16.7 Å². The van der Waals surface area contributed by atoms with Crippen LogP contribution < -0.4 is 5.73 Å². The third-order valence-corrected chi connectivity index (χ3v) is 6.28. The minimum Gasteiger partial charge on any atom is -0.383 e. The van der Waals surface area contributed by atoms with Crippen LogP contribution >= 0.6 is 15.9 Å². The monoisotopic (exact) mass is 346 g/mol. The second-order valence-corrected chi connectivity index (χ2v) is 7.87. The lowest BCUT2D eigenvalue weighted by Crippen LogP contribution is -2.47. The molecule has 0 amide bonds. The lowest BCUT2D eigenvalue weighted by atomic mass is 10.2. The standard InChI is InChI=1S/C11H15BrN4O2S/c1-15-5-9-3-8(15)6-16(9)19(17,18)10-2-7(12)4-14-11(10)13/h2,4,8-9H,3,5-6H2,1H3,(H2,13,14)/t8-,9-/m0/s1. The van der Waals surface area contributed by atoms with Gasteiger partial charge in [-0.15, -0.1) is 0 Å². The van der Waals surface area contributed by atoms with Gasteiger partial charge >= 0.3 is 0 Å². The Kier molecular flexibility index (Phi) is 3.08. The summed E-state index contributed by atoms with van der Waals surface area (Å²) >= 11 is 3.24. The Labute approximate surface area is 120 Å². The van der Waals surface area contributed by atoms with Crippen LogP contribution in [0.4, 0.5) is 5.82 Å². The third-order valence-electron chi connectivity index (χ3n) is 3.90. The lowest BCUT2D eigenvalue weighted by Gasteiger charge is -2.31. The highest BCUT2D eigenvalue weighted by atomic mass is 79.9. The molecule has 6 nitrogen and oxygen atoms in total. The first kappa shape index (κ1) is 13.3. The fraction of sp³-hybridized carbons (Fsp3) is 0.545. The predicted octanol–water partition coefficient (Wildman–Crippen LogP) is 0.503. The molecule has 0 aliphatic carbocycles. The van der Waals surface area contributed by atoms with Crippen LogP contribution in [0.3, 0.4) is 0 Å². The highest BCUT2D eigenvalue weighted by Crippen LogP contribution is 2.35. The number of piperazine rings is 1. The SMILES string of the molecule is CN1C[C@@H]2C[C@H]1CN2S(=O)(=O)c1cc(Br)cnc1N. The molecule has 2 bridgehead atoms. The number of nitrogen functional groups attached to an aromatic ring is 1. The second-order valence-electron chi connectivity index (χ2n) is 5.09. The number of likely N-dealkylation sites (tertiary alicyclic amines) is 1. The fourth-order valence-electron chi connectivity index (χ4n) is 2.89. The maximum absolute atomic E-state index is 12.7. The normalized spacial score (nSPS) is 28.1. The Balaban J connectivity index is 1.98. The molecule has 3 rings (SSSR count). The smallest absolute Gasteiger partial charge is 0.247 e. The first-order valence-electron chi connectivity index (χ1n) is 6.02. The predicted molar refractivity (Wildman–Crippen MR) is 75.1 cm³/mol. The van der Waals surface area contributed by atoms with Crippen LogP contribution in [0.25, 0.3) is 0 Å². The molecule has 8 heteroatoms. The van der Waals surface area contributed by atoms with Crippen LogP contribution in [0.2, 0.25) is 0 Å². The first-order valence-corrected chi connectivity index (χ1v) is 8.26. The largest absolute Gasteiger partial charge is 0.383 e. The zero-order valence-electron chi connectivity index (χ0n) is 10.5. The first-order chi connectivity index (χ1) is 8.89. The summed E-state index contributed by atoms with van der Waals surface area (Å²) < 4.78 is 27.5. The molecule has 0 spiro atoms. The highest BCUT2D eigenvalue weighted by Gasteiger charge is 2.47. The number of hydrogen-bond donors (Lipinski definition) is 1. The van der Waals surface area contributed by atoms with Crippen LogP contribution in [-0.2, 0) is 10.0 Å². The van der Waals surface area contributed by atoms with Gasteiger partial charge in [0.15, 0.2) is 0 Å².